The highest BCUT2D eigenvalue weighted by Crippen LogP contribution is 2.30. The summed E-state index contributed by atoms with van der Waals surface area (Å²) in [6.45, 7) is 3.37. The number of nitrogens with zero attached hydrogens (tertiary/aromatic N) is 2. The molecule has 18 heavy (non-hydrogen) atoms. The van der Waals surface area contributed by atoms with Gasteiger partial charge in [0.25, 0.3) is 0 Å². The van der Waals surface area contributed by atoms with Crippen LogP contribution in [0.2, 0.25) is 0 Å². The minimum absolute atomic E-state index is 0.0468. The van der Waals surface area contributed by atoms with Crippen LogP contribution >= 0.6 is 23.5 Å². The number of thioether (sulfide) groups is 2. The van der Waals surface area contributed by atoms with E-state index >= 15 is 0 Å². The topological polar surface area (TPSA) is 60.9 Å². The molecule has 7 heteroatoms. The molecule has 2 saturated heterocycles. The molecule has 0 saturated carbocycles. The predicted molar refractivity (Wildman–Crippen MR) is 74.1 cm³/mol. The largest absolute Gasteiger partial charge is 0.480 e. The minimum Gasteiger partial charge on any atom is -0.480 e. The summed E-state index contributed by atoms with van der Waals surface area (Å²) in [4.78, 5) is 27.0. The summed E-state index contributed by atoms with van der Waals surface area (Å²) in [5.74, 6) is 1.62. The number of carboxylic acid groups (broad SMARTS) is 1. The molecule has 2 amide bonds. The van der Waals surface area contributed by atoms with Crippen LogP contribution in [-0.2, 0) is 4.79 Å². The van der Waals surface area contributed by atoms with Crippen LogP contribution in [0.1, 0.15) is 13.3 Å². The van der Waals surface area contributed by atoms with Gasteiger partial charge in [0.1, 0.15) is 6.04 Å². The van der Waals surface area contributed by atoms with E-state index in [0.29, 0.717) is 5.75 Å². The highest BCUT2D eigenvalue weighted by Gasteiger charge is 2.41. The number of carbonyl (C=O) groups excluding carboxylic acids is 1. The molecule has 2 unspecified atom stereocenters. The molecule has 0 bridgehead atoms. The number of carbonyl (C=O) groups is 2. The molecule has 2 fully saturated rings. The van der Waals surface area contributed by atoms with E-state index in [2.05, 4.69) is 0 Å². The Kier molecular flexibility index (Phi) is 4.66. The molecule has 2 aliphatic heterocycles. The Hall–Kier alpha value is -0.560. The molecule has 0 aromatic rings. The second-order valence-corrected chi connectivity index (χ2v) is 7.00. The summed E-state index contributed by atoms with van der Waals surface area (Å²) in [5.41, 5.74) is 0. The fourth-order valence-corrected chi connectivity index (χ4v) is 4.27. The summed E-state index contributed by atoms with van der Waals surface area (Å²) in [6, 6.07) is -0.782. The smallest absolute Gasteiger partial charge is 0.327 e. The lowest BCUT2D eigenvalue weighted by Crippen LogP contribution is -2.51. The Labute approximate surface area is 115 Å². The molecular formula is C11H18N2O3S2. The van der Waals surface area contributed by atoms with E-state index in [-0.39, 0.29) is 11.4 Å². The Morgan fingerprint density at radius 1 is 1.28 bits per heavy atom. The van der Waals surface area contributed by atoms with Gasteiger partial charge in [0.15, 0.2) is 0 Å². The van der Waals surface area contributed by atoms with Crippen molar-refractivity contribution in [2.24, 2.45) is 0 Å². The van der Waals surface area contributed by atoms with Gasteiger partial charge in [-0.15, -0.1) is 11.8 Å². The van der Waals surface area contributed by atoms with E-state index in [4.69, 9.17) is 0 Å². The molecule has 2 rings (SSSR count). The summed E-state index contributed by atoms with van der Waals surface area (Å²) in [5, 5.41) is 9.13. The summed E-state index contributed by atoms with van der Waals surface area (Å²) in [6.07, 6.45) is 0.990. The first kappa shape index (κ1) is 13.9. The Morgan fingerprint density at radius 3 is 2.78 bits per heavy atom. The number of hydrogen-bond donors (Lipinski definition) is 1. The van der Waals surface area contributed by atoms with Crippen molar-refractivity contribution < 1.29 is 14.7 Å². The van der Waals surface area contributed by atoms with Crippen molar-refractivity contribution in [3.63, 3.8) is 0 Å². The summed E-state index contributed by atoms with van der Waals surface area (Å²) in [7, 11) is 0. The number of carboxylic acids is 1. The van der Waals surface area contributed by atoms with Crippen LogP contribution in [0.15, 0.2) is 0 Å². The van der Waals surface area contributed by atoms with Crippen LogP contribution in [0.3, 0.4) is 0 Å². The number of hydrogen-bond acceptors (Lipinski definition) is 4. The second-order valence-electron chi connectivity index (χ2n) is 4.43. The minimum atomic E-state index is -0.899. The molecule has 2 heterocycles. The molecular weight excluding hydrogens is 272 g/mol. The van der Waals surface area contributed by atoms with E-state index in [1.165, 1.54) is 16.7 Å². The van der Waals surface area contributed by atoms with Gasteiger partial charge in [-0.3, -0.25) is 4.90 Å². The molecule has 0 aliphatic carbocycles. The Bertz CT molecular complexity index is 332. The zero-order valence-corrected chi connectivity index (χ0v) is 12.0. The van der Waals surface area contributed by atoms with Crippen molar-refractivity contribution >= 4 is 35.5 Å². The fourth-order valence-electron chi connectivity index (χ4n) is 2.22. The lowest BCUT2D eigenvalue weighted by Gasteiger charge is -2.31. The van der Waals surface area contributed by atoms with Gasteiger partial charge in [-0.1, -0.05) is 0 Å². The number of rotatable bonds is 1. The monoisotopic (exact) mass is 290 g/mol. The zero-order valence-electron chi connectivity index (χ0n) is 10.4. The molecule has 0 radical (unpaired) electrons. The second kappa shape index (κ2) is 6.06. The van der Waals surface area contributed by atoms with E-state index in [1.54, 1.807) is 4.90 Å². The molecule has 0 aromatic carbocycles. The highest BCUT2D eigenvalue weighted by atomic mass is 32.2. The molecule has 0 spiro atoms. The van der Waals surface area contributed by atoms with Gasteiger partial charge in [0.05, 0.1) is 5.37 Å². The van der Waals surface area contributed by atoms with Gasteiger partial charge in [0.2, 0.25) is 0 Å². The predicted octanol–water partition coefficient (Wildman–Crippen LogP) is 1.39. The first-order valence-electron chi connectivity index (χ1n) is 6.10. The normalized spacial score (nSPS) is 29.2. The number of urea groups is 1. The van der Waals surface area contributed by atoms with Crippen molar-refractivity contribution in [3.8, 4) is 0 Å². The summed E-state index contributed by atoms with van der Waals surface area (Å²) >= 11 is 3.39. The maximum absolute atomic E-state index is 12.4. The van der Waals surface area contributed by atoms with E-state index < -0.39 is 12.0 Å². The van der Waals surface area contributed by atoms with Gasteiger partial charge in [-0.2, -0.15) is 11.8 Å². The molecule has 2 aliphatic rings. The Balaban J connectivity index is 2.07. The zero-order chi connectivity index (χ0) is 13.1. The molecule has 1 N–H and O–H groups in total. The van der Waals surface area contributed by atoms with Crippen LogP contribution in [0, 0.1) is 0 Å². The number of amides is 2. The van der Waals surface area contributed by atoms with Gasteiger partial charge < -0.3 is 10.0 Å². The fraction of sp³-hybridized carbons (Fsp3) is 0.818. The lowest BCUT2D eigenvalue weighted by molar-refractivity contribution is -0.141. The standard InChI is InChI=1S/C11H18N2O3S2/c1-8-13(9(7-18-8)10(14)15)11(16)12-3-2-5-17-6-4-12/h8-9H,2-7H2,1H3,(H,14,15). The SMILES string of the molecule is CC1SCC(C(=O)O)N1C(=O)N1CCCSCC1. The average molecular weight is 290 g/mol. The van der Waals surface area contributed by atoms with Crippen molar-refractivity contribution in [2.45, 2.75) is 24.8 Å². The quantitative estimate of drug-likeness (QED) is 0.791. The van der Waals surface area contributed by atoms with Crippen molar-refractivity contribution in [2.75, 3.05) is 30.3 Å². The number of aliphatic carboxylic acids is 1. The van der Waals surface area contributed by atoms with E-state index in [1.807, 2.05) is 18.7 Å². The molecule has 0 aromatic heterocycles. The van der Waals surface area contributed by atoms with Gasteiger partial charge >= 0.3 is 12.0 Å². The Morgan fingerprint density at radius 2 is 2.06 bits per heavy atom. The average Bonchev–Trinajstić information content (AvgIpc) is 2.56. The van der Waals surface area contributed by atoms with Crippen LogP contribution in [0.25, 0.3) is 0 Å². The third-order valence-corrected chi connectivity index (χ3v) is 5.49. The molecule has 2 atom stereocenters. The van der Waals surface area contributed by atoms with Crippen LogP contribution in [0.5, 0.6) is 0 Å². The van der Waals surface area contributed by atoms with Crippen LogP contribution < -0.4 is 0 Å². The van der Waals surface area contributed by atoms with Gasteiger partial charge in [-0.25, -0.2) is 9.59 Å². The van der Waals surface area contributed by atoms with Crippen LogP contribution in [-0.4, -0.2) is 68.7 Å². The highest BCUT2D eigenvalue weighted by molar-refractivity contribution is 8.00. The lowest BCUT2D eigenvalue weighted by atomic mass is 10.3. The third-order valence-electron chi connectivity index (χ3n) is 3.22. The van der Waals surface area contributed by atoms with Gasteiger partial charge in [-0.05, 0) is 19.1 Å². The van der Waals surface area contributed by atoms with E-state index in [9.17, 15) is 14.7 Å². The van der Waals surface area contributed by atoms with Crippen molar-refractivity contribution in [3.05, 3.63) is 0 Å². The maximum Gasteiger partial charge on any atom is 0.327 e. The van der Waals surface area contributed by atoms with E-state index in [0.717, 1.165) is 31.0 Å². The maximum atomic E-state index is 12.4. The van der Waals surface area contributed by atoms with Crippen molar-refractivity contribution in [1.82, 2.24) is 9.80 Å². The molecule has 5 nitrogen and oxygen atoms in total. The third kappa shape index (κ3) is 2.88. The van der Waals surface area contributed by atoms with Crippen molar-refractivity contribution in [1.29, 1.82) is 0 Å². The van der Waals surface area contributed by atoms with Gasteiger partial charge in [0, 0.05) is 24.6 Å². The van der Waals surface area contributed by atoms with Crippen LogP contribution in [0.4, 0.5) is 4.79 Å². The summed E-state index contributed by atoms with van der Waals surface area (Å²) < 4.78 is 0. The first-order chi connectivity index (χ1) is 8.61. The first-order valence-corrected chi connectivity index (χ1v) is 8.31. The molecule has 102 valence electrons.